The molecule has 2 N–H and O–H groups in total. The van der Waals surface area contributed by atoms with Crippen LogP contribution < -0.4 is 5.73 Å². The summed E-state index contributed by atoms with van der Waals surface area (Å²) in [5.41, 5.74) is 5.95. The number of hydrogen-bond donors (Lipinski definition) is 1. The molecule has 0 saturated heterocycles. The highest BCUT2D eigenvalue weighted by Crippen LogP contribution is 2.28. The van der Waals surface area contributed by atoms with Gasteiger partial charge in [-0.05, 0) is 6.42 Å². The van der Waals surface area contributed by atoms with E-state index in [2.05, 4.69) is 6.92 Å². The summed E-state index contributed by atoms with van der Waals surface area (Å²) in [6, 6.07) is -0.104. The predicted octanol–water partition coefficient (Wildman–Crippen LogP) is 0.165. The fourth-order valence-corrected chi connectivity index (χ4v) is 8.92. The molecule has 0 aromatic rings. The van der Waals surface area contributed by atoms with Crippen molar-refractivity contribution in [2.45, 2.75) is 25.8 Å². The molecule has 0 aromatic heterocycles. The first kappa shape index (κ1) is 21.1. The SMILES string of the molecule is CCCC(CN)N([Si](OC)(OC)OC)[Si](OC)(OC)OC. The lowest BCUT2D eigenvalue weighted by Crippen LogP contribution is -2.76. The number of nitrogens with two attached hydrogens (primary N) is 1. The third-order valence-electron chi connectivity index (χ3n) is 3.40. The van der Waals surface area contributed by atoms with Crippen molar-refractivity contribution in [2.24, 2.45) is 5.73 Å². The van der Waals surface area contributed by atoms with Gasteiger partial charge in [0.25, 0.3) is 0 Å². The number of nitrogens with zero attached hydrogens (tertiary/aromatic N) is 1. The first-order valence-corrected chi connectivity index (χ1v) is 10.2. The molecule has 0 saturated carbocycles. The largest absolute Gasteiger partial charge is 0.597 e. The third kappa shape index (κ3) is 4.31. The molecule has 0 aliphatic carbocycles. The zero-order valence-corrected chi connectivity index (χ0v) is 16.2. The van der Waals surface area contributed by atoms with Gasteiger partial charge in [0.15, 0.2) is 0 Å². The smallest absolute Gasteiger partial charge is 0.365 e. The number of hydrogen-bond acceptors (Lipinski definition) is 8. The van der Waals surface area contributed by atoms with Gasteiger partial charge in [-0.15, -0.1) is 0 Å². The Morgan fingerprint density at radius 3 is 1.33 bits per heavy atom. The maximum Gasteiger partial charge on any atom is 0.597 e. The fraction of sp³-hybridized carbons (Fsp3) is 1.00. The molecule has 0 heterocycles. The Morgan fingerprint density at radius 2 is 1.14 bits per heavy atom. The van der Waals surface area contributed by atoms with E-state index < -0.39 is 17.9 Å². The van der Waals surface area contributed by atoms with Gasteiger partial charge < -0.3 is 32.3 Å². The topological polar surface area (TPSA) is 84.6 Å². The van der Waals surface area contributed by atoms with E-state index in [1.165, 1.54) is 42.7 Å². The van der Waals surface area contributed by atoms with Crippen molar-refractivity contribution in [3.63, 3.8) is 0 Å². The van der Waals surface area contributed by atoms with Crippen LogP contribution in [0.1, 0.15) is 19.8 Å². The normalized spacial score (nSPS) is 14.7. The van der Waals surface area contributed by atoms with E-state index in [1.54, 1.807) is 0 Å². The van der Waals surface area contributed by atoms with Crippen LogP contribution >= 0.6 is 0 Å². The van der Waals surface area contributed by atoms with Gasteiger partial charge >= 0.3 is 17.9 Å². The molecule has 1 atom stereocenters. The van der Waals surface area contributed by atoms with Crippen molar-refractivity contribution in [1.29, 1.82) is 0 Å². The molecule has 0 bridgehead atoms. The summed E-state index contributed by atoms with van der Waals surface area (Å²) in [5, 5.41) is 0. The first-order chi connectivity index (χ1) is 10.0. The van der Waals surface area contributed by atoms with Crippen LogP contribution in [-0.2, 0) is 26.6 Å². The van der Waals surface area contributed by atoms with Gasteiger partial charge in [0, 0.05) is 55.2 Å². The quantitative estimate of drug-likeness (QED) is 0.502. The molecule has 0 amide bonds. The van der Waals surface area contributed by atoms with E-state index in [0.717, 1.165) is 12.8 Å². The van der Waals surface area contributed by atoms with E-state index in [9.17, 15) is 0 Å². The molecular weight excluding hydrogens is 312 g/mol. The van der Waals surface area contributed by atoms with Gasteiger partial charge in [0.05, 0.1) is 0 Å². The molecule has 0 rings (SSSR count). The second-order valence-corrected chi connectivity index (χ2v) is 10.3. The van der Waals surface area contributed by atoms with Crippen molar-refractivity contribution in [2.75, 3.05) is 49.2 Å². The molecule has 10 heteroatoms. The average Bonchev–Trinajstić information content (AvgIpc) is 2.55. The molecule has 8 nitrogen and oxygen atoms in total. The standard InChI is InChI=1S/C11H30N2O6Si2/c1-8-9-11(10-12)13(20(14-2,15-3)16-4)21(17-5,18-6)19-7/h11H,8-10,12H2,1-7H3. The molecule has 0 aromatic carbocycles. The Balaban J connectivity index is 5.96. The van der Waals surface area contributed by atoms with Crippen molar-refractivity contribution in [3.8, 4) is 0 Å². The second-order valence-electron chi connectivity index (χ2n) is 4.32. The Hall–Kier alpha value is 0.114. The summed E-state index contributed by atoms with van der Waals surface area (Å²) in [4.78, 5) is 0. The fourth-order valence-electron chi connectivity index (χ4n) is 2.39. The Morgan fingerprint density at radius 1 is 0.810 bits per heavy atom. The van der Waals surface area contributed by atoms with E-state index in [4.69, 9.17) is 32.3 Å². The van der Waals surface area contributed by atoms with Crippen LogP contribution in [0.15, 0.2) is 0 Å². The predicted molar refractivity (Wildman–Crippen MR) is 83.2 cm³/mol. The van der Waals surface area contributed by atoms with Gasteiger partial charge in [0.2, 0.25) is 0 Å². The van der Waals surface area contributed by atoms with Crippen LogP contribution in [-0.4, -0.2) is 77.4 Å². The van der Waals surface area contributed by atoms with E-state index in [1.807, 2.05) is 4.23 Å². The highest BCUT2D eigenvalue weighted by molar-refractivity contribution is 6.75. The molecule has 21 heavy (non-hydrogen) atoms. The van der Waals surface area contributed by atoms with Gasteiger partial charge in [-0.25, -0.2) is 4.23 Å². The van der Waals surface area contributed by atoms with Crippen molar-refractivity contribution >= 4 is 17.9 Å². The molecular formula is C11H30N2O6Si2. The Kier molecular flexibility index (Phi) is 10.0. The Labute approximate surface area is 130 Å². The van der Waals surface area contributed by atoms with Crippen LogP contribution in [0.3, 0.4) is 0 Å². The summed E-state index contributed by atoms with van der Waals surface area (Å²) in [6.45, 7) is 2.45. The highest BCUT2D eigenvalue weighted by atomic mass is 28.5. The molecule has 0 spiro atoms. The lowest BCUT2D eigenvalue weighted by Gasteiger charge is -2.45. The molecule has 0 radical (unpaired) electrons. The van der Waals surface area contributed by atoms with Crippen LogP contribution in [0, 0.1) is 0 Å². The lowest BCUT2D eigenvalue weighted by molar-refractivity contribution is 0.00639. The summed E-state index contributed by atoms with van der Waals surface area (Å²) in [6.07, 6.45) is 1.74. The third-order valence-corrected chi connectivity index (χ3v) is 10.0. The van der Waals surface area contributed by atoms with E-state index >= 15 is 0 Å². The highest BCUT2D eigenvalue weighted by Gasteiger charge is 2.64. The Bertz CT molecular complexity index is 243. The van der Waals surface area contributed by atoms with Gasteiger partial charge in [-0.1, -0.05) is 13.3 Å². The van der Waals surface area contributed by atoms with Gasteiger partial charge in [-0.2, -0.15) is 0 Å². The molecule has 128 valence electrons. The lowest BCUT2D eigenvalue weighted by atomic mass is 10.2. The number of rotatable bonds is 12. The van der Waals surface area contributed by atoms with Crippen LogP contribution in [0.2, 0.25) is 0 Å². The van der Waals surface area contributed by atoms with Crippen LogP contribution in [0.5, 0.6) is 0 Å². The summed E-state index contributed by atoms with van der Waals surface area (Å²) in [5.74, 6) is 0. The van der Waals surface area contributed by atoms with E-state index in [-0.39, 0.29) is 6.04 Å². The van der Waals surface area contributed by atoms with Crippen molar-refractivity contribution < 1.29 is 26.6 Å². The maximum atomic E-state index is 5.95. The molecule has 1 unspecified atom stereocenters. The first-order valence-electron chi connectivity index (χ1n) is 6.81. The minimum atomic E-state index is -3.23. The van der Waals surface area contributed by atoms with E-state index in [0.29, 0.717) is 6.54 Å². The minimum absolute atomic E-state index is 0.104. The van der Waals surface area contributed by atoms with Crippen LogP contribution in [0.4, 0.5) is 0 Å². The minimum Gasteiger partial charge on any atom is -0.365 e. The summed E-state index contributed by atoms with van der Waals surface area (Å²) >= 11 is 0. The molecule has 0 fully saturated rings. The maximum absolute atomic E-state index is 5.95. The summed E-state index contributed by atoms with van der Waals surface area (Å²) < 4.78 is 35.4. The van der Waals surface area contributed by atoms with Crippen molar-refractivity contribution in [3.05, 3.63) is 0 Å². The molecule has 0 aliphatic heterocycles. The van der Waals surface area contributed by atoms with Crippen molar-refractivity contribution in [1.82, 2.24) is 4.23 Å². The average molecular weight is 343 g/mol. The summed E-state index contributed by atoms with van der Waals surface area (Å²) in [7, 11) is 2.75. The monoisotopic (exact) mass is 342 g/mol. The second kappa shape index (κ2) is 10.00. The molecule has 0 aliphatic rings. The van der Waals surface area contributed by atoms with Gasteiger partial charge in [0.1, 0.15) is 0 Å². The van der Waals surface area contributed by atoms with Crippen LogP contribution in [0.25, 0.3) is 0 Å². The van der Waals surface area contributed by atoms with Gasteiger partial charge in [-0.3, -0.25) is 0 Å². The zero-order chi connectivity index (χ0) is 16.5. The zero-order valence-electron chi connectivity index (χ0n) is 14.2.